The van der Waals surface area contributed by atoms with Crippen molar-refractivity contribution < 1.29 is 26.4 Å². The Hall–Kier alpha value is -2.04. The van der Waals surface area contributed by atoms with Crippen molar-refractivity contribution in [1.82, 2.24) is 9.21 Å². The zero-order chi connectivity index (χ0) is 21.0. The SMILES string of the molecule is O=C(c1ccc(SC(F)F)cc1)N1CCCN(S(=O)(=O)c2ccc(F)cc2)CC1. The lowest BCUT2D eigenvalue weighted by Crippen LogP contribution is -2.37. The molecule has 0 aromatic heterocycles. The molecule has 10 heteroatoms. The summed E-state index contributed by atoms with van der Waals surface area (Å²) in [7, 11) is -3.78. The summed E-state index contributed by atoms with van der Waals surface area (Å²) in [4.78, 5) is 14.6. The minimum atomic E-state index is -3.78. The first kappa shape index (κ1) is 21.7. The predicted molar refractivity (Wildman–Crippen MR) is 104 cm³/mol. The summed E-state index contributed by atoms with van der Waals surface area (Å²) in [5.74, 6) is -3.33. The van der Waals surface area contributed by atoms with Crippen LogP contribution in [0.25, 0.3) is 0 Å². The lowest BCUT2D eigenvalue weighted by Gasteiger charge is -2.22. The Kier molecular flexibility index (Phi) is 6.86. The molecule has 1 amide bonds. The number of nitrogens with zero attached hydrogens (tertiary/aromatic N) is 2. The first-order chi connectivity index (χ1) is 13.8. The number of rotatable bonds is 5. The number of alkyl halides is 2. The quantitative estimate of drug-likeness (QED) is 0.661. The first-order valence-corrected chi connectivity index (χ1v) is 11.2. The molecule has 0 bridgehead atoms. The summed E-state index contributed by atoms with van der Waals surface area (Å²) < 4.78 is 64.7. The smallest absolute Gasteiger partial charge is 0.288 e. The molecule has 0 spiro atoms. The molecule has 29 heavy (non-hydrogen) atoms. The van der Waals surface area contributed by atoms with Crippen molar-refractivity contribution >= 4 is 27.7 Å². The normalized spacial score (nSPS) is 16.1. The van der Waals surface area contributed by atoms with E-state index in [9.17, 15) is 26.4 Å². The van der Waals surface area contributed by atoms with E-state index in [1.54, 1.807) is 4.90 Å². The van der Waals surface area contributed by atoms with Crippen molar-refractivity contribution in [2.24, 2.45) is 0 Å². The van der Waals surface area contributed by atoms with Gasteiger partial charge in [0.2, 0.25) is 10.0 Å². The van der Waals surface area contributed by atoms with Gasteiger partial charge in [-0.15, -0.1) is 0 Å². The van der Waals surface area contributed by atoms with Gasteiger partial charge in [0.05, 0.1) is 4.90 Å². The Bertz CT molecular complexity index is 952. The van der Waals surface area contributed by atoms with Crippen LogP contribution in [0, 0.1) is 5.82 Å². The highest BCUT2D eigenvalue weighted by atomic mass is 32.2. The Morgan fingerprint density at radius 3 is 2.21 bits per heavy atom. The van der Waals surface area contributed by atoms with E-state index < -0.39 is 21.6 Å². The molecule has 0 N–H and O–H groups in total. The van der Waals surface area contributed by atoms with E-state index in [1.807, 2.05) is 0 Å². The van der Waals surface area contributed by atoms with Crippen LogP contribution in [0.2, 0.25) is 0 Å². The van der Waals surface area contributed by atoms with Crippen molar-refractivity contribution in [3.8, 4) is 0 Å². The number of sulfonamides is 1. The van der Waals surface area contributed by atoms with Crippen LogP contribution in [0.1, 0.15) is 16.8 Å². The molecule has 0 saturated carbocycles. The van der Waals surface area contributed by atoms with Gasteiger partial charge in [0.1, 0.15) is 5.82 Å². The molecule has 1 saturated heterocycles. The number of hydrogen-bond donors (Lipinski definition) is 0. The molecule has 0 radical (unpaired) electrons. The van der Waals surface area contributed by atoms with Crippen LogP contribution in [-0.2, 0) is 10.0 Å². The number of carbonyl (C=O) groups is 1. The highest BCUT2D eigenvalue weighted by Gasteiger charge is 2.28. The summed E-state index contributed by atoms with van der Waals surface area (Å²) in [6.45, 7) is 0.937. The van der Waals surface area contributed by atoms with Gasteiger partial charge in [-0.25, -0.2) is 12.8 Å². The second-order valence-corrected chi connectivity index (χ2v) is 9.41. The highest BCUT2D eigenvalue weighted by molar-refractivity contribution is 7.99. The van der Waals surface area contributed by atoms with E-state index >= 15 is 0 Å². The molecule has 1 heterocycles. The molecule has 1 fully saturated rings. The summed E-state index contributed by atoms with van der Waals surface area (Å²) >= 11 is 0.404. The van der Waals surface area contributed by atoms with E-state index in [0.717, 1.165) is 12.1 Å². The van der Waals surface area contributed by atoms with Gasteiger partial charge in [0.25, 0.3) is 11.7 Å². The number of carbonyl (C=O) groups excluding carboxylic acids is 1. The van der Waals surface area contributed by atoms with Crippen LogP contribution < -0.4 is 0 Å². The van der Waals surface area contributed by atoms with Crippen molar-refractivity contribution in [2.75, 3.05) is 26.2 Å². The molecule has 156 valence electrons. The van der Waals surface area contributed by atoms with Crippen molar-refractivity contribution in [1.29, 1.82) is 0 Å². The van der Waals surface area contributed by atoms with Crippen LogP contribution >= 0.6 is 11.8 Å². The predicted octanol–water partition coefficient (Wildman–Crippen LogP) is 3.68. The molecule has 0 atom stereocenters. The molecular weight excluding hydrogens is 425 g/mol. The molecule has 2 aromatic carbocycles. The fraction of sp³-hybridized carbons (Fsp3) is 0.316. The van der Waals surface area contributed by atoms with Crippen molar-refractivity contribution in [3.05, 3.63) is 59.9 Å². The topological polar surface area (TPSA) is 57.7 Å². The maximum Gasteiger partial charge on any atom is 0.288 e. The largest absolute Gasteiger partial charge is 0.337 e. The monoisotopic (exact) mass is 444 g/mol. The molecule has 5 nitrogen and oxygen atoms in total. The van der Waals surface area contributed by atoms with Gasteiger partial charge in [-0.05, 0) is 55.0 Å². The third kappa shape index (κ3) is 5.31. The molecule has 2 aromatic rings. The Balaban J connectivity index is 1.67. The van der Waals surface area contributed by atoms with Crippen LogP contribution in [0.4, 0.5) is 13.2 Å². The fourth-order valence-corrected chi connectivity index (χ4v) is 5.02. The highest BCUT2D eigenvalue weighted by Crippen LogP contribution is 2.25. The van der Waals surface area contributed by atoms with Crippen LogP contribution in [-0.4, -0.2) is 55.5 Å². The molecular formula is C19H19F3N2O3S2. The third-order valence-electron chi connectivity index (χ3n) is 4.52. The van der Waals surface area contributed by atoms with Crippen LogP contribution in [0.15, 0.2) is 58.3 Å². The van der Waals surface area contributed by atoms with Gasteiger partial charge >= 0.3 is 0 Å². The lowest BCUT2D eigenvalue weighted by molar-refractivity contribution is 0.0764. The van der Waals surface area contributed by atoms with E-state index in [-0.39, 0.29) is 30.4 Å². The minimum Gasteiger partial charge on any atom is -0.337 e. The summed E-state index contributed by atoms with van der Waals surface area (Å²) in [5, 5.41) is 0. The Morgan fingerprint density at radius 1 is 0.931 bits per heavy atom. The van der Waals surface area contributed by atoms with E-state index in [1.165, 1.54) is 40.7 Å². The second-order valence-electron chi connectivity index (χ2n) is 6.41. The minimum absolute atomic E-state index is 0.00537. The van der Waals surface area contributed by atoms with Crippen LogP contribution in [0.3, 0.4) is 0 Å². The third-order valence-corrected chi connectivity index (χ3v) is 7.16. The summed E-state index contributed by atoms with van der Waals surface area (Å²) in [5.41, 5.74) is 0.360. The van der Waals surface area contributed by atoms with E-state index in [0.29, 0.717) is 35.2 Å². The average molecular weight is 445 g/mol. The van der Waals surface area contributed by atoms with E-state index in [4.69, 9.17) is 0 Å². The van der Waals surface area contributed by atoms with Gasteiger partial charge in [0.15, 0.2) is 0 Å². The number of benzene rings is 2. The Morgan fingerprint density at radius 2 is 1.59 bits per heavy atom. The van der Waals surface area contributed by atoms with Gasteiger partial charge in [0, 0.05) is 36.6 Å². The molecule has 0 aliphatic carbocycles. The average Bonchev–Trinajstić information content (AvgIpc) is 2.95. The zero-order valence-corrected chi connectivity index (χ0v) is 16.9. The van der Waals surface area contributed by atoms with E-state index in [2.05, 4.69) is 0 Å². The molecule has 3 rings (SSSR count). The maximum absolute atomic E-state index is 13.1. The van der Waals surface area contributed by atoms with Gasteiger partial charge in [-0.1, -0.05) is 11.8 Å². The summed E-state index contributed by atoms with van der Waals surface area (Å²) in [6.07, 6.45) is 0.450. The molecule has 0 unspecified atom stereocenters. The lowest BCUT2D eigenvalue weighted by atomic mass is 10.2. The van der Waals surface area contributed by atoms with Crippen molar-refractivity contribution in [3.63, 3.8) is 0 Å². The number of hydrogen-bond acceptors (Lipinski definition) is 4. The zero-order valence-electron chi connectivity index (χ0n) is 15.3. The maximum atomic E-state index is 13.1. The number of thioether (sulfide) groups is 1. The van der Waals surface area contributed by atoms with Gasteiger partial charge < -0.3 is 4.90 Å². The molecule has 1 aliphatic rings. The second kappa shape index (κ2) is 9.19. The summed E-state index contributed by atoms with van der Waals surface area (Å²) in [6, 6.07) is 10.5. The van der Waals surface area contributed by atoms with Gasteiger partial charge in [-0.2, -0.15) is 13.1 Å². The number of halogens is 3. The van der Waals surface area contributed by atoms with Crippen LogP contribution in [0.5, 0.6) is 0 Å². The number of amides is 1. The molecule has 1 aliphatic heterocycles. The Labute approximate surface area is 171 Å². The van der Waals surface area contributed by atoms with Crippen molar-refractivity contribution in [2.45, 2.75) is 22.0 Å². The van der Waals surface area contributed by atoms with Gasteiger partial charge in [-0.3, -0.25) is 4.79 Å². The first-order valence-electron chi connectivity index (χ1n) is 8.87. The standard InChI is InChI=1S/C19H19F3N2O3S2/c20-15-4-8-17(9-5-15)29(26,27)24-11-1-10-23(12-13-24)18(25)14-2-6-16(7-3-14)28-19(21)22/h2-9,19H,1,10-13H2. The fourth-order valence-electron chi connectivity index (χ4n) is 3.05.